The number of thiophene rings is 1. The molecule has 0 saturated heterocycles. The Bertz CT molecular complexity index is 554. The van der Waals surface area contributed by atoms with Gasteiger partial charge in [-0.2, -0.15) is 0 Å². The Morgan fingerprint density at radius 1 is 1.17 bits per heavy atom. The van der Waals surface area contributed by atoms with E-state index in [4.69, 9.17) is 11.6 Å². The molecule has 1 heterocycles. The van der Waals surface area contributed by atoms with Crippen LogP contribution in [-0.4, -0.2) is 0 Å². The molecule has 1 aromatic carbocycles. The lowest BCUT2D eigenvalue weighted by molar-refractivity contribution is 0.528. The van der Waals surface area contributed by atoms with Crippen molar-refractivity contribution in [2.24, 2.45) is 0 Å². The first-order valence-electron chi connectivity index (χ1n) is 4.94. The zero-order valence-corrected chi connectivity index (χ0v) is 12.3. The second kappa shape index (κ2) is 5.23. The van der Waals surface area contributed by atoms with E-state index in [9.17, 15) is 13.2 Å². The van der Waals surface area contributed by atoms with Gasteiger partial charge in [-0.05, 0) is 18.6 Å². The third-order valence-corrected chi connectivity index (χ3v) is 5.30. The highest BCUT2D eigenvalue weighted by atomic mass is 79.9. The van der Waals surface area contributed by atoms with Gasteiger partial charge in [0.2, 0.25) is 0 Å². The SMILES string of the molecule is Cc1cc(C(Br)c2c(F)cc(F)cc2F)sc1Cl. The number of halogens is 5. The van der Waals surface area contributed by atoms with Crippen molar-refractivity contribution < 1.29 is 13.2 Å². The lowest BCUT2D eigenvalue weighted by Crippen LogP contribution is -2.00. The van der Waals surface area contributed by atoms with Crippen molar-refractivity contribution in [3.63, 3.8) is 0 Å². The third kappa shape index (κ3) is 2.58. The lowest BCUT2D eigenvalue weighted by Gasteiger charge is -2.10. The number of benzene rings is 1. The summed E-state index contributed by atoms with van der Waals surface area (Å²) in [4.78, 5) is -0.0174. The van der Waals surface area contributed by atoms with Crippen LogP contribution in [0.2, 0.25) is 4.34 Å². The normalized spacial score (nSPS) is 12.8. The molecule has 2 aromatic rings. The van der Waals surface area contributed by atoms with Gasteiger partial charge in [0.15, 0.2) is 0 Å². The Kier molecular flexibility index (Phi) is 4.04. The van der Waals surface area contributed by atoms with Crippen molar-refractivity contribution >= 4 is 38.9 Å². The van der Waals surface area contributed by atoms with E-state index in [1.165, 1.54) is 11.3 Å². The van der Waals surface area contributed by atoms with E-state index >= 15 is 0 Å². The molecule has 0 saturated carbocycles. The number of rotatable bonds is 2. The predicted octanol–water partition coefficient (Wildman–Crippen LogP) is 5.61. The van der Waals surface area contributed by atoms with E-state index in [2.05, 4.69) is 15.9 Å². The molecule has 2 rings (SSSR count). The third-order valence-electron chi connectivity index (χ3n) is 2.42. The maximum atomic E-state index is 13.6. The zero-order chi connectivity index (χ0) is 13.4. The minimum Gasteiger partial charge on any atom is -0.207 e. The Hall–Kier alpha value is -0.520. The molecule has 0 radical (unpaired) electrons. The van der Waals surface area contributed by atoms with E-state index in [0.717, 1.165) is 5.56 Å². The first-order chi connectivity index (χ1) is 8.40. The summed E-state index contributed by atoms with van der Waals surface area (Å²) in [6, 6.07) is 3.07. The summed E-state index contributed by atoms with van der Waals surface area (Å²) in [5.41, 5.74) is 0.623. The molecule has 1 aromatic heterocycles. The van der Waals surface area contributed by atoms with Crippen molar-refractivity contribution in [3.8, 4) is 0 Å². The van der Waals surface area contributed by atoms with Crippen LogP contribution < -0.4 is 0 Å². The van der Waals surface area contributed by atoms with E-state index in [1.54, 1.807) is 13.0 Å². The molecule has 0 aliphatic heterocycles. The summed E-state index contributed by atoms with van der Waals surface area (Å²) in [7, 11) is 0. The highest BCUT2D eigenvalue weighted by Crippen LogP contribution is 2.40. The molecule has 6 heteroatoms. The van der Waals surface area contributed by atoms with Gasteiger partial charge in [0, 0.05) is 22.6 Å². The fourth-order valence-corrected chi connectivity index (χ4v) is 3.60. The highest BCUT2D eigenvalue weighted by Gasteiger charge is 2.22. The molecule has 0 aliphatic carbocycles. The predicted molar refractivity (Wildman–Crippen MR) is 71.2 cm³/mol. The summed E-state index contributed by atoms with van der Waals surface area (Å²) >= 11 is 10.4. The quantitative estimate of drug-likeness (QED) is 0.614. The van der Waals surface area contributed by atoms with Gasteiger partial charge in [-0.15, -0.1) is 11.3 Å². The molecule has 18 heavy (non-hydrogen) atoms. The van der Waals surface area contributed by atoms with Crippen LogP contribution in [0.25, 0.3) is 0 Å². The molecule has 0 bridgehead atoms. The van der Waals surface area contributed by atoms with Crippen molar-refractivity contribution in [2.75, 3.05) is 0 Å². The van der Waals surface area contributed by atoms with Gasteiger partial charge in [0.1, 0.15) is 17.5 Å². The number of hydrogen-bond donors (Lipinski definition) is 0. The van der Waals surface area contributed by atoms with Gasteiger partial charge in [-0.25, -0.2) is 13.2 Å². The van der Waals surface area contributed by atoms with Gasteiger partial charge < -0.3 is 0 Å². The average molecular weight is 356 g/mol. The molecule has 0 fully saturated rings. The van der Waals surface area contributed by atoms with Crippen LogP contribution in [-0.2, 0) is 0 Å². The van der Waals surface area contributed by atoms with E-state index < -0.39 is 22.3 Å². The molecule has 0 nitrogen and oxygen atoms in total. The van der Waals surface area contributed by atoms with Crippen molar-refractivity contribution in [1.29, 1.82) is 0 Å². The van der Waals surface area contributed by atoms with Crippen LogP contribution >= 0.6 is 38.9 Å². The first-order valence-corrected chi connectivity index (χ1v) is 7.05. The number of aryl methyl sites for hydroxylation is 1. The second-order valence-corrected chi connectivity index (χ2v) is 6.35. The van der Waals surface area contributed by atoms with Crippen molar-refractivity contribution in [2.45, 2.75) is 11.8 Å². The smallest absolute Gasteiger partial charge is 0.133 e. The monoisotopic (exact) mass is 354 g/mol. The molecule has 0 N–H and O–H groups in total. The Balaban J connectivity index is 2.49. The fourth-order valence-electron chi connectivity index (χ4n) is 1.55. The number of hydrogen-bond acceptors (Lipinski definition) is 1. The van der Waals surface area contributed by atoms with Crippen LogP contribution in [0.1, 0.15) is 20.8 Å². The molecule has 96 valence electrons. The maximum absolute atomic E-state index is 13.6. The van der Waals surface area contributed by atoms with Crippen LogP contribution in [0, 0.1) is 24.4 Å². The Labute approximate surface area is 120 Å². The Morgan fingerprint density at radius 2 is 1.72 bits per heavy atom. The topological polar surface area (TPSA) is 0 Å². The van der Waals surface area contributed by atoms with E-state index in [-0.39, 0.29) is 5.56 Å². The molecule has 0 aliphatic rings. The summed E-state index contributed by atoms with van der Waals surface area (Å²) < 4.78 is 40.6. The van der Waals surface area contributed by atoms with Crippen LogP contribution in [0.5, 0.6) is 0 Å². The van der Waals surface area contributed by atoms with Gasteiger partial charge in [0.25, 0.3) is 0 Å². The first kappa shape index (κ1) is 13.9. The van der Waals surface area contributed by atoms with Gasteiger partial charge in [0.05, 0.1) is 9.16 Å². The van der Waals surface area contributed by atoms with Gasteiger partial charge >= 0.3 is 0 Å². The van der Waals surface area contributed by atoms with Crippen molar-refractivity contribution in [1.82, 2.24) is 0 Å². The van der Waals surface area contributed by atoms with Crippen LogP contribution in [0.4, 0.5) is 13.2 Å². The largest absolute Gasteiger partial charge is 0.207 e. The molecule has 0 spiro atoms. The maximum Gasteiger partial charge on any atom is 0.133 e. The van der Waals surface area contributed by atoms with E-state index in [0.29, 0.717) is 21.3 Å². The lowest BCUT2D eigenvalue weighted by atomic mass is 10.1. The summed E-state index contributed by atoms with van der Waals surface area (Å²) in [6.45, 7) is 1.80. The summed E-state index contributed by atoms with van der Waals surface area (Å²) in [5.74, 6) is -2.78. The van der Waals surface area contributed by atoms with E-state index in [1.807, 2.05) is 0 Å². The van der Waals surface area contributed by atoms with Crippen molar-refractivity contribution in [3.05, 3.63) is 56.0 Å². The molecule has 1 unspecified atom stereocenters. The van der Waals surface area contributed by atoms with Crippen LogP contribution in [0.3, 0.4) is 0 Å². The summed E-state index contributed by atoms with van der Waals surface area (Å²) in [6.07, 6.45) is 0. The second-order valence-electron chi connectivity index (χ2n) is 3.75. The molecular formula is C12H7BrClF3S. The van der Waals surface area contributed by atoms with Gasteiger partial charge in [-0.3, -0.25) is 0 Å². The minimum absolute atomic E-state index is 0.214. The van der Waals surface area contributed by atoms with Gasteiger partial charge in [-0.1, -0.05) is 27.5 Å². The number of alkyl halides is 1. The summed E-state index contributed by atoms with van der Waals surface area (Å²) in [5, 5.41) is 0. The standard InChI is InChI=1S/C12H7BrClF3S/c1-5-2-9(18-12(5)14)11(13)10-7(16)3-6(15)4-8(10)17/h2-4,11H,1H3. The fraction of sp³-hybridized carbons (Fsp3) is 0.167. The molecule has 0 amide bonds. The van der Waals surface area contributed by atoms with Crippen LogP contribution in [0.15, 0.2) is 18.2 Å². The minimum atomic E-state index is -0.936. The molecule has 1 atom stereocenters. The molecular weight excluding hydrogens is 349 g/mol. The zero-order valence-electron chi connectivity index (χ0n) is 9.11. The highest BCUT2D eigenvalue weighted by molar-refractivity contribution is 9.09. The average Bonchev–Trinajstić information content (AvgIpc) is 2.57. The Morgan fingerprint density at radius 3 is 2.17 bits per heavy atom.